The highest BCUT2D eigenvalue weighted by atomic mass is 16.2. The zero-order valence-corrected chi connectivity index (χ0v) is 16.0. The molecule has 1 aliphatic heterocycles. The predicted octanol–water partition coefficient (Wildman–Crippen LogP) is 2.30. The van der Waals surface area contributed by atoms with E-state index in [2.05, 4.69) is 15.5 Å². The van der Waals surface area contributed by atoms with E-state index in [-0.39, 0.29) is 30.3 Å². The number of para-hydroxylation sites is 1. The Morgan fingerprint density at radius 1 is 0.964 bits per heavy atom. The average molecular weight is 380 g/mol. The molecule has 0 aromatic heterocycles. The lowest BCUT2D eigenvalue weighted by molar-refractivity contribution is -0.123. The van der Waals surface area contributed by atoms with Gasteiger partial charge in [0.05, 0.1) is 6.54 Å². The summed E-state index contributed by atoms with van der Waals surface area (Å²) in [6, 6.07) is 19.0. The molecule has 6 nitrogen and oxygen atoms in total. The standard InChI is InChI=1S/C22H28N4O2/c23-20(17-7-3-1-4-8-17)15-21(27)24-19-11-13-26(14-12-19)16-22(28)25-18-9-5-2-6-10-18/h1-10,19-20H,11-16,23H2,(H,24,27)(H,25,28). The lowest BCUT2D eigenvalue weighted by atomic mass is 10.0. The monoisotopic (exact) mass is 380 g/mol. The van der Waals surface area contributed by atoms with Crippen molar-refractivity contribution in [2.45, 2.75) is 31.3 Å². The van der Waals surface area contributed by atoms with E-state index >= 15 is 0 Å². The van der Waals surface area contributed by atoms with Crippen LogP contribution in [0.1, 0.15) is 30.9 Å². The van der Waals surface area contributed by atoms with E-state index < -0.39 is 0 Å². The second kappa shape index (κ2) is 10.0. The van der Waals surface area contributed by atoms with Gasteiger partial charge in [0, 0.05) is 37.3 Å². The molecule has 0 spiro atoms. The van der Waals surface area contributed by atoms with Crippen LogP contribution in [0.25, 0.3) is 0 Å². The van der Waals surface area contributed by atoms with Crippen LogP contribution in [-0.2, 0) is 9.59 Å². The number of carbonyl (C=O) groups is 2. The number of rotatable bonds is 7. The summed E-state index contributed by atoms with van der Waals surface area (Å²) in [4.78, 5) is 26.6. The normalized spacial score (nSPS) is 16.3. The molecule has 0 radical (unpaired) electrons. The number of benzene rings is 2. The van der Waals surface area contributed by atoms with Crippen LogP contribution < -0.4 is 16.4 Å². The van der Waals surface area contributed by atoms with E-state index in [1.165, 1.54) is 0 Å². The maximum Gasteiger partial charge on any atom is 0.238 e. The van der Waals surface area contributed by atoms with Gasteiger partial charge < -0.3 is 16.4 Å². The van der Waals surface area contributed by atoms with Gasteiger partial charge in [-0.1, -0.05) is 48.5 Å². The van der Waals surface area contributed by atoms with Crippen molar-refractivity contribution in [2.24, 2.45) is 5.73 Å². The maximum absolute atomic E-state index is 12.3. The van der Waals surface area contributed by atoms with Crippen LogP contribution in [0, 0.1) is 0 Å². The molecule has 1 heterocycles. The first-order valence-electron chi connectivity index (χ1n) is 9.77. The zero-order valence-electron chi connectivity index (χ0n) is 16.0. The number of nitrogens with one attached hydrogen (secondary N) is 2. The van der Waals surface area contributed by atoms with Crippen LogP contribution in [0.5, 0.6) is 0 Å². The Morgan fingerprint density at radius 2 is 1.57 bits per heavy atom. The Kier molecular flexibility index (Phi) is 7.17. The molecule has 3 rings (SSSR count). The molecule has 1 saturated heterocycles. The minimum absolute atomic E-state index is 0.0116. The molecule has 6 heteroatoms. The predicted molar refractivity (Wildman–Crippen MR) is 111 cm³/mol. The highest BCUT2D eigenvalue weighted by molar-refractivity contribution is 5.92. The summed E-state index contributed by atoms with van der Waals surface area (Å²) in [6.07, 6.45) is 1.96. The van der Waals surface area contributed by atoms with Crippen molar-refractivity contribution in [1.29, 1.82) is 0 Å². The van der Waals surface area contributed by atoms with Crippen molar-refractivity contribution in [3.8, 4) is 0 Å². The number of anilines is 1. The van der Waals surface area contributed by atoms with E-state index in [9.17, 15) is 9.59 Å². The summed E-state index contributed by atoms with van der Waals surface area (Å²) >= 11 is 0. The van der Waals surface area contributed by atoms with Crippen LogP contribution in [-0.4, -0.2) is 42.4 Å². The molecule has 2 aromatic rings. The zero-order chi connectivity index (χ0) is 19.8. The molecule has 0 bridgehead atoms. The van der Waals surface area contributed by atoms with Gasteiger partial charge >= 0.3 is 0 Å². The Morgan fingerprint density at radius 3 is 2.21 bits per heavy atom. The minimum atomic E-state index is -0.289. The smallest absolute Gasteiger partial charge is 0.238 e. The molecule has 1 unspecified atom stereocenters. The summed E-state index contributed by atoms with van der Waals surface area (Å²) in [5, 5.41) is 5.99. The van der Waals surface area contributed by atoms with E-state index in [0.717, 1.165) is 37.2 Å². The summed E-state index contributed by atoms with van der Waals surface area (Å²) in [7, 11) is 0. The van der Waals surface area contributed by atoms with E-state index in [4.69, 9.17) is 5.73 Å². The number of amides is 2. The van der Waals surface area contributed by atoms with Gasteiger partial charge in [0.25, 0.3) is 0 Å². The first kappa shape index (κ1) is 20.0. The molecule has 1 aliphatic rings. The molecular formula is C22H28N4O2. The van der Waals surface area contributed by atoms with E-state index in [1.807, 2.05) is 60.7 Å². The number of likely N-dealkylation sites (tertiary alicyclic amines) is 1. The molecule has 2 amide bonds. The van der Waals surface area contributed by atoms with Gasteiger partial charge in [0.1, 0.15) is 0 Å². The first-order chi connectivity index (χ1) is 13.6. The third-order valence-corrected chi connectivity index (χ3v) is 5.01. The number of hydrogen-bond acceptors (Lipinski definition) is 4. The van der Waals surface area contributed by atoms with Crippen LogP contribution in [0.4, 0.5) is 5.69 Å². The molecule has 0 saturated carbocycles. The Hall–Kier alpha value is -2.70. The molecule has 1 atom stereocenters. The fourth-order valence-electron chi connectivity index (χ4n) is 3.46. The topological polar surface area (TPSA) is 87.5 Å². The van der Waals surface area contributed by atoms with Gasteiger partial charge in [-0.15, -0.1) is 0 Å². The summed E-state index contributed by atoms with van der Waals surface area (Å²) in [6.45, 7) is 1.95. The van der Waals surface area contributed by atoms with Crippen molar-refractivity contribution in [3.05, 3.63) is 66.2 Å². The Labute approximate surface area is 166 Å². The molecule has 148 valence electrons. The number of piperidine rings is 1. The van der Waals surface area contributed by atoms with Crippen LogP contribution in [0.3, 0.4) is 0 Å². The molecule has 1 fully saturated rings. The average Bonchev–Trinajstić information content (AvgIpc) is 2.71. The fourth-order valence-corrected chi connectivity index (χ4v) is 3.46. The number of hydrogen-bond donors (Lipinski definition) is 3. The van der Waals surface area contributed by atoms with Crippen molar-refractivity contribution >= 4 is 17.5 Å². The Balaban J connectivity index is 1.36. The van der Waals surface area contributed by atoms with Crippen molar-refractivity contribution in [3.63, 3.8) is 0 Å². The van der Waals surface area contributed by atoms with Crippen LogP contribution >= 0.6 is 0 Å². The highest BCUT2D eigenvalue weighted by Crippen LogP contribution is 2.15. The second-order valence-electron chi connectivity index (χ2n) is 7.25. The number of nitrogens with two attached hydrogens (primary N) is 1. The number of nitrogens with zero attached hydrogens (tertiary/aromatic N) is 1. The van der Waals surface area contributed by atoms with Crippen LogP contribution in [0.15, 0.2) is 60.7 Å². The lowest BCUT2D eigenvalue weighted by Crippen LogP contribution is -2.46. The maximum atomic E-state index is 12.3. The fraction of sp³-hybridized carbons (Fsp3) is 0.364. The minimum Gasteiger partial charge on any atom is -0.353 e. The van der Waals surface area contributed by atoms with Gasteiger partial charge in [0.2, 0.25) is 11.8 Å². The van der Waals surface area contributed by atoms with Gasteiger partial charge in [-0.05, 0) is 30.5 Å². The van der Waals surface area contributed by atoms with Crippen molar-refractivity contribution < 1.29 is 9.59 Å². The molecule has 28 heavy (non-hydrogen) atoms. The molecule has 0 aliphatic carbocycles. The third kappa shape index (κ3) is 6.18. The van der Waals surface area contributed by atoms with Gasteiger partial charge in [-0.3, -0.25) is 14.5 Å². The van der Waals surface area contributed by atoms with Gasteiger partial charge in [-0.25, -0.2) is 0 Å². The van der Waals surface area contributed by atoms with Crippen molar-refractivity contribution in [1.82, 2.24) is 10.2 Å². The SMILES string of the molecule is NC(CC(=O)NC1CCN(CC(=O)Nc2ccccc2)CC1)c1ccccc1. The van der Waals surface area contributed by atoms with E-state index in [0.29, 0.717) is 6.54 Å². The quantitative estimate of drug-likeness (QED) is 0.688. The summed E-state index contributed by atoms with van der Waals surface area (Å²) in [5.74, 6) is -0.0286. The summed E-state index contributed by atoms with van der Waals surface area (Å²) in [5.41, 5.74) is 7.91. The van der Waals surface area contributed by atoms with E-state index in [1.54, 1.807) is 0 Å². The molecule has 4 N–H and O–H groups in total. The van der Waals surface area contributed by atoms with Gasteiger partial charge in [-0.2, -0.15) is 0 Å². The summed E-state index contributed by atoms with van der Waals surface area (Å²) < 4.78 is 0. The molecular weight excluding hydrogens is 352 g/mol. The van der Waals surface area contributed by atoms with Crippen LogP contribution in [0.2, 0.25) is 0 Å². The number of carbonyl (C=O) groups excluding carboxylic acids is 2. The molecule has 2 aromatic carbocycles. The second-order valence-corrected chi connectivity index (χ2v) is 7.25. The third-order valence-electron chi connectivity index (χ3n) is 5.01. The van der Waals surface area contributed by atoms with Crippen molar-refractivity contribution in [2.75, 3.05) is 25.0 Å². The Bertz CT molecular complexity index is 759. The lowest BCUT2D eigenvalue weighted by Gasteiger charge is -2.32. The largest absolute Gasteiger partial charge is 0.353 e. The van der Waals surface area contributed by atoms with Gasteiger partial charge in [0.15, 0.2) is 0 Å². The highest BCUT2D eigenvalue weighted by Gasteiger charge is 2.23. The first-order valence-corrected chi connectivity index (χ1v) is 9.77.